The molecule has 96 valence electrons. The summed E-state index contributed by atoms with van der Waals surface area (Å²) in [7, 11) is 0. The van der Waals surface area contributed by atoms with Gasteiger partial charge in [-0.15, -0.1) is 0 Å². The minimum atomic E-state index is 0.116. The molecule has 0 saturated heterocycles. The summed E-state index contributed by atoms with van der Waals surface area (Å²) < 4.78 is 3.08. The number of imidazole rings is 1. The van der Waals surface area contributed by atoms with E-state index in [1.807, 2.05) is 22.8 Å². The molecular formula is C14H13BrN4. The van der Waals surface area contributed by atoms with E-state index in [1.165, 1.54) is 5.56 Å². The average Bonchev–Trinajstić information content (AvgIpc) is 2.74. The van der Waals surface area contributed by atoms with Gasteiger partial charge in [0.05, 0.1) is 17.8 Å². The predicted molar refractivity (Wildman–Crippen MR) is 79.9 cm³/mol. The van der Waals surface area contributed by atoms with Crippen molar-refractivity contribution >= 4 is 32.9 Å². The van der Waals surface area contributed by atoms with Crippen LogP contribution in [0.25, 0.3) is 11.0 Å². The Balaban J connectivity index is 2.16. The number of rotatable bonds is 2. The van der Waals surface area contributed by atoms with Crippen LogP contribution in [0.2, 0.25) is 0 Å². The third-order valence-corrected chi connectivity index (χ3v) is 3.73. The van der Waals surface area contributed by atoms with Gasteiger partial charge in [0.2, 0.25) is 5.95 Å². The molecule has 5 heteroatoms. The molecule has 1 aromatic carbocycles. The summed E-state index contributed by atoms with van der Waals surface area (Å²) in [5, 5.41) is 0. The fourth-order valence-electron chi connectivity index (χ4n) is 2.29. The number of fused-ring (bicyclic) bond motifs is 1. The number of anilines is 1. The quantitative estimate of drug-likeness (QED) is 0.788. The van der Waals surface area contributed by atoms with E-state index in [2.05, 4.69) is 45.0 Å². The molecule has 2 aromatic heterocycles. The molecule has 2 heterocycles. The van der Waals surface area contributed by atoms with Crippen molar-refractivity contribution in [3.8, 4) is 0 Å². The maximum Gasteiger partial charge on any atom is 0.201 e. The predicted octanol–water partition coefficient (Wildman–Crippen LogP) is 3.39. The van der Waals surface area contributed by atoms with E-state index in [-0.39, 0.29) is 6.04 Å². The summed E-state index contributed by atoms with van der Waals surface area (Å²) >= 11 is 3.50. The van der Waals surface area contributed by atoms with E-state index < -0.39 is 0 Å². The Hall–Kier alpha value is -1.88. The molecule has 0 radical (unpaired) electrons. The summed E-state index contributed by atoms with van der Waals surface area (Å²) in [5.41, 5.74) is 9.04. The number of nitrogen functional groups attached to an aromatic ring is 1. The van der Waals surface area contributed by atoms with Gasteiger partial charge in [-0.05, 0) is 30.7 Å². The van der Waals surface area contributed by atoms with E-state index in [9.17, 15) is 0 Å². The molecule has 0 bridgehead atoms. The molecular weight excluding hydrogens is 304 g/mol. The van der Waals surface area contributed by atoms with Gasteiger partial charge in [0.25, 0.3) is 0 Å². The van der Waals surface area contributed by atoms with Gasteiger partial charge < -0.3 is 10.3 Å². The monoisotopic (exact) mass is 316 g/mol. The van der Waals surface area contributed by atoms with Crippen molar-refractivity contribution in [3.63, 3.8) is 0 Å². The van der Waals surface area contributed by atoms with Gasteiger partial charge in [0, 0.05) is 10.7 Å². The first-order valence-electron chi connectivity index (χ1n) is 5.99. The molecule has 0 saturated carbocycles. The maximum absolute atomic E-state index is 6.04. The molecule has 0 aliphatic carbocycles. The van der Waals surface area contributed by atoms with Crippen LogP contribution in [0, 0.1) is 0 Å². The van der Waals surface area contributed by atoms with Crippen molar-refractivity contribution in [3.05, 3.63) is 52.8 Å². The number of aromatic nitrogens is 3. The first kappa shape index (κ1) is 12.2. The Kier molecular flexibility index (Phi) is 2.98. The maximum atomic E-state index is 6.04. The van der Waals surface area contributed by atoms with Crippen LogP contribution in [-0.4, -0.2) is 14.5 Å². The normalized spacial score (nSPS) is 12.7. The number of pyridine rings is 1. The Morgan fingerprint density at radius 1 is 1.32 bits per heavy atom. The number of halogens is 1. The van der Waals surface area contributed by atoms with Gasteiger partial charge in [0.1, 0.15) is 5.52 Å². The second kappa shape index (κ2) is 4.66. The van der Waals surface area contributed by atoms with Crippen LogP contribution < -0.4 is 5.73 Å². The number of hydrogen-bond donors (Lipinski definition) is 1. The molecule has 3 aromatic rings. The van der Waals surface area contributed by atoms with Crippen LogP contribution in [0.5, 0.6) is 0 Å². The van der Waals surface area contributed by atoms with Gasteiger partial charge in [-0.1, -0.05) is 28.1 Å². The lowest BCUT2D eigenvalue weighted by molar-refractivity contribution is 0.667. The van der Waals surface area contributed by atoms with Crippen molar-refractivity contribution in [1.82, 2.24) is 14.5 Å². The fourth-order valence-corrected chi connectivity index (χ4v) is 2.71. The summed E-state index contributed by atoms with van der Waals surface area (Å²) in [4.78, 5) is 8.42. The van der Waals surface area contributed by atoms with Crippen LogP contribution in [0.15, 0.2) is 47.2 Å². The van der Waals surface area contributed by atoms with E-state index in [0.717, 1.165) is 15.5 Å². The number of hydrogen-bond acceptors (Lipinski definition) is 3. The number of nitrogens with two attached hydrogens (primary N) is 1. The molecule has 1 atom stereocenters. The van der Waals surface area contributed by atoms with Gasteiger partial charge in [-0.2, -0.15) is 0 Å². The highest BCUT2D eigenvalue weighted by molar-refractivity contribution is 9.10. The van der Waals surface area contributed by atoms with E-state index >= 15 is 0 Å². The van der Waals surface area contributed by atoms with Crippen LogP contribution in [0.1, 0.15) is 18.5 Å². The van der Waals surface area contributed by atoms with Crippen molar-refractivity contribution in [2.24, 2.45) is 0 Å². The third kappa shape index (κ3) is 2.10. The minimum absolute atomic E-state index is 0.116. The molecule has 0 spiro atoms. The minimum Gasteiger partial charge on any atom is -0.369 e. The molecule has 19 heavy (non-hydrogen) atoms. The third-order valence-electron chi connectivity index (χ3n) is 3.24. The van der Waals surface area contributed by atoms with Crippen LogP contribution >= 0.6 is 15.9 Å². The number of nitrogens with zero attached hydrogens (tertiary/aromatic N) is 3. The summed E-state index contributed by atoms with van der Waals surface area (Å²) in [6, 6.07) is 10.3. The SMILES string of the molecule is CC(c1cccc(Br)c1)n1c(N)nc2cnccc21. The Morgan fingerprint density at radius 3 is 2.95 bits per heavy atom. The highest BCUT2D eigenvalue weighted by Crippen LogP contribution is 2.27. The van der Waals surface area contributed by atoms with Gasteiger partial charge >= 0.3 is 0 Å². The van der Waals surface area contributed by atoms with Crippen LogP contribution in [0.3, 0.4) is 0 Å². The zero-order valence-electron chi connectivity index (χ0n) is 10.4. The Labute approximate surface area is 119 Å². The van der Waals surface area contributed by atoms with Gasteiger partial charge in [-0.25, -0.2) is 4.98 Å². The fraction of sp³-hybridized carbons (Fsp3) is 0.143. The Bertz CT molecular complexity index is 735. The van der Waals surface area contributed by atoms with E-state index in [1.54, 1.807) is 12.4 Å². The highest BCUT2D eigenvalue weighted by Gasteiger charge is 2.15. The lowest BCUT2D eigenvalue weighted by Crippen LogP contribution is -2.10. The molecule has 0 amide bonds. The number of benzene rings is 1. The second-order valence-electron chi connectivity index (χ2n) is 4.44. The van der Waals surface area contributed by atoms with Crippen molar-refractivity contribution < 1.29 is 0 Å². The first-order valence-corrected chi connectivity index (χ1v) is 6.79. The summed E-state index contributed by atoms with van der Waals surface area (Å²) in [6.45, 7) is 2.11. The Morgan fingerprint density at radius 2 is 2.16 bits per heavy atom. The lowest BCUT2D eigenvalue weighted by Gasteiger charge is -2.16. The molecule has 0 fully saturated rings. The standard InChI is InChI=1S/C14H13BrN4/c1-9(10-3-2-4-11(15)7-10)19-13-5-6-17-8-12(13)18-14(19)16/h2-9H,1H3,(H2,16,18). The van der Waals surface area contributed by atoms with Gasteiger partial charge in [0.15, 0.2) is 0 Å². The smallest absolute Gasteiger partial charge is 0.201 e. The zero-order valence-corrected chi connectivity index (χ0v) is 12.0. The molecule has 0 aliphatic heterocycles. The van der Waals surface area contributed by atoms with Crippen molar-refractivity contribution in [1.29, 1.82) is 0 Å². The second-order valence-corrected chi connectivity index (χ2v) is 5.35. The van der Waals surface area contributed by atoms with E-state index in [0.29, 0.717) is 5.95 Å². The average molecular weight is 317 g/mol. The molecule has 0 aliphatic rings. The summed E-state index contributed by atoms with van der Waals surface area (Å²) in [6.07, 6.45) is 3.49. The molecule has 2 N–H and O–H groups in total. The van der Waals surface area contributed by atoms with Crippen LogP contribution in [-0.2, 0) is 0 Å². The summed E-state index contributed by atoms with van der Waals surface area (Å²) in [5.74, 6) is 0.510. The topological polar surface area (TPSA) is 56.7 Å². The first-order chi connectivity index (χ1) is 9.16. The molecule has 4 nitrogen and oxygen atoms in total. The van der Waals surface area contributed by atoms with Crippen molar-refractivity contribution in [2.75, 3.05) is 5.73 Å². The molecule has 1 unspecified atom stereocenters. The molecule has 3 rings (SSSR count). The van der Waals surface area contributed by atoms with E-state index in [4.69, 9.17) is 5.73 Å². The highest BCUT2D eigenvalue weighted by atomic mass is 79.9. The lowest BCUT2D eigenvalue weighted by atomic mass is 10.1. The largest absolute Gasteiger partial charge is 0.369 e. The van der Waals surface area contributed by atoms with Gasteiger partial charge in [-0.3, -0.25) is 4.98 Å². The van der Waals surface area contributed by atoms with Crippen LogP contribution in [0.4, 0.5) is 5.95 Å². The zero-order chi connectivity index (χ0) is 13.4. The van der Waals surface area contributed by atoms with Crippen molar-refractivity contribution in [2.45, 2.75) is 13.0 Å².